The lowest BCUT2D eigenvalue weighted by Gasteiger charge is -2.14. The number of rotatable bonds is 4. The Morgan fingerprint density at radius 3 is 1.57 bits per heavy atom. The molecule has 4 heterocycles. The van der Waals surface area contributed by atoms with Gasteiger partial charge in [0.05, 0.1) is 45.0 Å². The molecule has 7 aromatic carbocycles. The Balaban J connectivity index is 1.34. The van der Waals surface area contributed by atoms with Crippen LogP contribution in [0.1, 0.15) is 0 Å². The van der Waals surface area contributed by atoms with E-state index in [1.807, 2.05) is 18.5 Å². The van der Waals surface area contributed by atoms with E-state index >= 15 is 0 Å². The summed E-state index contributed by atoms with van der Waals surface area (Å²) in [4.78, 5) is 4.60. The Bertz CT molecular complexity index is 3110. The average molecular weight is 651 g/mol. The normalized spacial score (nSPS) is 11.9. The molecule has 0 unspecified atom stereocenters. The summed E-state index contributed by atoms with van der Waals surface area (Å²) in [6, 6.07) is 61.5. The molecule has 0 spiro atoms. The van der Waals surface area contributed by atoms with Crippen LogP contribution in [0.15, 0.2) is 182 Å². The molecule has 11 rings (SSSR count). The second-order valence-corrected chi connectivity index (χ2v) is 13.2. The van der Waals surface area contributed by atoms with Crippen molar-refractivity contribution in [3.63, 3.8) is 0 Å². The monoisotopic (exact) mass is 650 g/mol. The summed E-state index contributed by atoms with van der Waals surface area (Å²) in [5, 5.41) is 7.37. The van der Waals surface area contributed by atoms with Gasteiger partial charge in [0.2, 0.25) is 0 Å². The van der Waals surface area contributed by atoms with Crippen LogP contribution >= 0.6 is 0 Å². The largest absolute Gasteiger partial charge is 0.309 e. The number of para-hydroxylation sites is 5. The first-order valence-electron chi connectivity index (χ1n) is 17.4. The van der Waals surface area contributed by atoms with Crippen LogP contribution in [0.3, 0.4) is 0 Å². The standard InChI is InChI=1S/C47H30N4/c1-3-14-32(15-4-1)49-41-22-10-7-19-35(41)39-28-31(25-26-44(39)49)38-29-40-36-20-8-11-23-42(36)50(33-16-5-2-6-17-33)46(40)47-45(38)37-21-9-12-24-43(37)51(47)34-18-13-27-48-30-34/h1-30H. The summed E-state index contributed by atoms with van der Waals surface area (Å²) < 4.78 is 7.25. The molecular weight excluding hydrogens is 621 g/mol. The molecule has 238 valence electrons. The van der Waals surface area contributed by atoms with E-state index < -0.39 is 0 Å². The number of hydrogen-bond donors (Lipinski definition) is 0. The van der Waals surface area contributed by atoms with Crippen LogP contribution < -0.4 is 0 Å². The van der Waals surface area contributed by atoms with E-state index in [1.54, 1.807) is 0 Å². The van der Waals surface area contributed by atoms with Crippen molar-refractivity contribution < 1.29 is 0 Å². The van der Waals surface area contributed by atoms with Gasteiger partial charge in [-0.05, 0) is 83.9 Å². The molecule has 0 aliphatic carbocycles. The van der Waals surface area contributed by atoms with Crippen molar-refractivity contribution in [2.75, 3.05) is 0 Å². The van der Waals surface area contributed by atoms with E-state index in [0.717, 1.165) is 22.6 Å². The minimum Gasteiger partial charge on any atom is -0.309 e. The van der Waals surface area contributed by atoms with E-state index in [1.165, 1.54) is 71.0 Å². The maximum Gasteiger partial charge on any atom is 0.0795 e. The molecule has 0 N–H and O–H groups in total. The molecule has 0 radical (unpaired) electrons. The predicted molar refractivity (Wildman–Crippen MR) is 213 cm³/mol. The Labute approximate surface area is 293 Å². The lowest BCUT2D eigenvalue weighted by atomic mass is 9.95. The molecule has 11 aromatic rings. The molecule has 4 aromatic heterocycles. The second kappa shape index (κ2) is 10.8. The van der Waals surface area contributed by atoms with Crippen molar-refractivity contribution in [3.05, 3.63) is 182 Å². The van der Waals surface area contributed by atoms with E-state index in [0.29, 0.717) is 0 Å². The fourth-order valence-electron chi connectivity index (χ4n) is 8.42. The summed E-state index contributed by atoms with van der Waals surface area (Å²) in [5.74, 6) is 0. The van der Waals surface area contributed by atoms with Gasteiger partial charge in [-0.15, -0.1) is 0 Å². The lowest BCUT2D eigenvalue weighted by Crippen LogP contribution is -1.99. The number of fused-ring (bicyclic) bond motifs is 10. The molecule has 0 saturated carbocycles. The quantitative estimate of drug-likeness (QED) is 0.186. The van der Waals surface area contributed by atoms with Crippen LogP contribution in [-0.4, -0.2) is 18.7 Å². The van der Waals surface area contributed by atoms with Crippen molar-refractivity contribution in [1.29, 1.82) is 0 Å². The zero-order valence-corrected chi connectivity index (χ0v) is 27.6. The van der Waals surface area contributed by atoms with Crippen molar-refractivity contribution in [2.24, 2.45) is 0 Å². The Morgan fingerprint density at radius 2 is 0.882 bits per heavy atom. The molecule has 0 saturated heterocycles. The number of pyridine rings is 1. The van der Waals surface area contributed by atoms with Gasteiger partial charge in [0.25, 0.3) is 0 Å². The van der Waals surface area contributed by atoms with Crippen LogP contribution in [0.4, 0.5) is 0 Å². The fourth-order valence-corrected chi connectivity index (χ4v) is 8.42. The molecule has 0 fully saturated rings. The van der Waals surface area contributed by atoms with Crippen LogP contribution in [-0.2, 0) is 0 Å². The number of benzene rings is 7. The van der Waals surface area contributed by atoms with E-state index in [9.17, 15) is 0 Å². The molecular formula is C47H30N4. The summed E-state index contributed by atoms with van der Waals surface area (Å²) >= 11 is 0. The van der Waals surface area contributed by atoms with Gasteiger partial charge in [-0.2, -0.15) is 0 Å². The maximum atomic E-state index is 4.60. The van der Waals surface area contributed by atoms with Crippen molar-refractivity contribution >= 4 is 65.4 Å². The van der Waals surface area contributed by atoms with Crippen LogP contribution in [0, 0.1) is 0 Å². The minimum atomic E-state index is 1.04. The predicted octanol–water partition coefficient (Wildman–Crippen LogP) is 12.0. The summed E-state index contributed by atoms with van der Waals surface area (Å²) in [6.07, 6.45) is 3.82. The smallest absolute Gasteiger partial charge is 0.0795 e. The van der Waals surface area contributed by atoms with E-state index in [4.69, 9.17) is 0 Å². The molecule has 0 bridgehead atoms. The van der Waals surface area contributed by atoms with Crippen LogP contribution in [0.2, 0.25) is 0 Å². The van der Waals surface area contributed by atoms with E-state index in [2.05, 4.69) is 182 Å². The second-order valence-electron chi connectivity index (χ2n) is 13.2. The first-order chi connectivity index (χ1) is 25.3. The van der Waals surface area contributed by atoms with Gasteiger partial charge in [0, 0.05) is 49.9 Å². The van der Waals surface area contributed by atoms with Crippen LogP contribution in [0.25, 0.3) is 93.6 Å². The van der Waals surface area contributed by atoms with Gasteiger partial charge in [-0.1, -0.05) is 97.1 Å². The summed E-state index contributed by atoms with van der Waals surface area (Å²) in [6.45, 7) is 0. The van der Waals surface area contributed by atoms with Crippen molar-refractivity contribution in [1.82, 2.24) is 18.7 Å². The molecule has 0 aliphatic rings. The average Bonchev–Trinajstić information content (AvgIpc) is 3.84. The van der Waals surface area contributed by atoms with Gasteiger partial charge in [-0.3, -0.25) is 4.98 Å². The highest BCUT2D eigenvalue weighted by Crippen LogP contribution is 2.47. The summed E-state index contributed by atoms with van der Waals surface area (Å²) in [7, 11) is 0. The Morgan fingerprint density at radius 1 is 0.353 bits per heavy atom. The first kappa shape index (κ1) is 28.0. The first-order valence-corrected chi connectivity index (χ1v) is 17.4. The highest BCUT2D eigenvalue weighted by molar-refractivity contribution is 6.28. The third-order valence-electron chi connectivity index (χ3n) is 10.5. The van der Waals surface area contributed by atoms with Gasteiger partial charge in [0.15, 0.2) is 0 Å². The molecule has 51 heavy (non-hydrogen) atoms. The zero-order chi connectivity index (χ0) is 33.5. The zero-order valence-electron chi connectivity index (χ0n) is 27.6. The molecule has 0 amide bonds. The number of aromatic nitrogens is 4. The molecule has 4 heteroatoms. The summed E-state index contributed by atoms with van der Waals surface area (Å²) in [5.41, 5.74) is 12.8. The lowest BCUT2D eigenvalue weighted by molar-refractivity contribution is 1.13. The fraction of sp³-hybridized carbons (Fsp3) is 0. The highest BCUT2D eigenvalue weighted by Gasteiger charge is 2.25. The topological polar surface area (TPSA) is 27.7 Å². The SMILES string of the molecule is c1ccc(-n2c3ccccc3c3cc(-c4cc5c6ccccc6n(-c6ccccc6)c5c5c4c4ccccc4n5-c4cccnc4)ccc32)cc1. The van der Waals surface area contributed by atoms with E-state index in [-0.39, 0.29) is 0 Å². The number of hydrogen-bond acceptors (Lipinski definition) is 1. The third-order valence-corrected chi connectivity index (χ3v) is 10.5. The van der Waals surface area contributed by atoms with Crippen molar-refractivity contribution in [3.8, 4) is 28.2 Å². The third kappa shape index (κ3) is 3.99. The Hall–Kier alpha value is -6.91. The van der Waals surface area contributed by atoms with Gasteiger partial charge < -0.3 is 13.7 Å². The highest BCUT2D eigenvalue weighted by atomic mass is 15.0. The minimum absolute atomic E-state index is 1.04. The molecule has 0 aliphatic heterocycles. The van der Waals surface area contributed by atoms with Crippen molar-refractivity contribution in [2.45, 2.75) is 0 Å². The number of nitrogens with zero attached hydrogens (tertiary/aromatic N) is 4. The molecule has 4 nitrogen and oxygen atoms in total. The molecule has 0 atom stereocenters. The Kier molecular flexibility index (Phi) is 5.92. The van der Waals surface area contributed by atoms with Gasteiger partial charge in [-0.25, -0.2) is 0 Å². The van der Waals surface area contributed by atoms with Crippen LogP contribution in [0.5, 0.6) is 0 Å². The van der Waals surface area contributed by atoms with Gasteiger partial charge in [0.1, 0.15) is 0 Å². The van der Waals surface area contributed by atoms with Gasteiger partial charge >= 0.3 is 0 Å². The maximum absolute atomic E-state index is 4.60.